The molecule has 0 aliphatic rings. The van der Waals surface area contributed by atoms with Crippen LogP contribution in [0.5, 0.6) is 0 Å². The first-order valence-electron chi connectivity index (χ1n) is 3.65. The maximum atomic E-state index is 5.33. The van der Waals surface area contributed by atoms with Crippen molar-refractivity contribution in [3.05, 3.63) is 27.1 Å². The zero-order valence-corrected chi connectivity index (χ0v) is 9.74. The number of nitrogen functional groups attached to an aromatic ring is 1. The number of hydrogen-bond donors (Lipinski definition) is 3. The van der Waals surface area contributed by atoms with Crippen LogP contribution in [-0.4, -0.2) is 4.98 Å². The second kappa shape index (κ2) is 3.32. The quantitative estimate of drug-likeness (QED) is 0.560. The van der Waals surface area contributed by atoms with Crippen LogP contribution in [0, 0.1) is 0 Å². The van der Waals surface area contributed by atoms with Gasteiger partial charge in [-0.3, -0.25) is 0 Å². The van der Waals surface area contributed by atoms with Crippen molar-refractivity contribution >= 4 is 48.6 Å². The molecule has 0 aliphatic heterocycles. The highest BCUT2D eigenvalue weighted by atomic mass is 79.9. The molecule has 2 rings (SSSR count). The van der Waals surface area contributed by atoms with Crippen LogP contribution >= 0.6 is 31.9 Å². The van der Waals surface area contributed by atoms with Crippen LogP contribution < -0.4 is 11.3 Å². The first-order valence-corrected chi connectivity index (χ1v) is 5.24. The minimum absolute atomic E-state index is 0.785. The van der Waals surface area contributed by atoms with E-state index in [4.69, 9.17) is 5.84 Å². The molecule has 1 aromatic carbocycles. The lowest BCUT2D eigenvalue weighted by Crippen LogP contribution is -2.07. The zero-order chi connectivity index (χ0) is 9.42. The van der Waals surface area contributed by atoms with Gasteiger partial charge in [0.05, 0.1) is 4.47 Å². The van der Waals surface area contributed by atoms with Crippen LogP contribution in [0.15, 0.2) is 27.1 Å². The molecule has 0 saturated carbocycles. The van der Waals surface area contributed by atoms with Crippen LogP contribution in [-0.2, 0) is 0 Å². The van der Waals surface area contributed by atoms with Crippen LogP contribution in [0.4, 0.5) is 5.82 Å². The number of fused-ring (bicyclic) bond motifs is 1. The van der Waals surface area contributed by atoms with Gasteiger partial charge in [-0.1, -0.05) is 15.9 Å². The van der Waals surface area contributed by atoms with E-state index in [1.54, 1.807) is 0 Å². The Morgan fingerprint density at radius 2 is 2.08 bits per heavy atom. The van der Waals surface area contributed by atoms with Crippen molar-refractivity contribution in [1.82, 2.24) is 4.98 Å². The minimum atomic E-state index is 0.785. The lowest BCUT2D eigenvalue weighted by Gasteiger charge is -1.93. The van der Waals surface area contributed by atoms with Gasteiger partial charge in [0.1, 0.15) is 5.82 Å². The highest BCUT2D eigenvalue weighted by Gasteiger charge is 2.07. The standard InChI is InChI=1S/C8H7Br2N3/c9-4-1-2-6-5(3-4)7(10)8(12-6)13-11/h1-3,12-13H,11H2. The van der Waals surface area contributed by atoms with Crippen LogP contribution in [0.2, 0.25) is 0 Å². The molecule has 0 spiro atoms. The van der Waals surface area contributed by atoms with E-state index in [1.807, 2.05) is 18.2 Å². The fourth-order valence-electron chi connectivity index (χ4n) is 1.23. The van der Waals surface area contributed by atoms with E-state index in [-0.39, 0.29) is 0 Å². The SMILES string of the molecule is NNc1[nH]c2ccc(Br)cc2c1Br. The summed E-state index contributed by atoms with van der Waals surface area (Å²) in [6, 6.07) is 5.99. The van der Waals surface area contributed by atoms with E-state index in [0.717, 1.165) is 25.7 Å². The van der Waals surface area contributed by atoms with E-state index in [9.17, 15) is 0 Å². The Labute approximate surface area is 91.9 Å². The van der Waals surface area contributed by atoms with Crippen molar-refractivity contribution in [2.75, 3.05) is 5.43 Å². The summed E-state index contributed by atoms with van der Waals surface area (Å²) in [6.45, 7) is 0. The first-order chi connectivity index (χ1) is 6.22. The Balaban J connectivity index is 2.77. The molecule has 0 amide bonds. The van der Waals surface area contributed by atoms with E-state index in [2.05, 4.69) is 42.3 Å². The number of H-pyrrole nitrogens is 1. The van der Waals surface area contributed by atoms with Crippen molar-refractivity contribution in [1.29, 1.82) is 0 Å². The molecule has 3 nitrogen and oxygen atoms in total. The van der Waals surface area contributed by atoms with Crippen molar-refractivity contribution in [2.24, 2.45) is 5.84 Å². The van der Waals surface area contributed by atoms with E-state index in [0.29, 0.717) is 0 Å². The predicted molar refractivity (Wildman–Crippen MR) is 61.5 cm³/mol. The molecule has 0 unspecified atom stereocenters. The average molecular weight is 305 g/mol. The molecule has 5 heteroatoms. The van der Waals surface area contributed by atoms with Crippen molar-refractivity contribution < 1.29 is 0 Å². The summed E-state index contributed by atoms with van der Waals surface area (Å²) >= 11 is 6.86. The number of hydrazine groups is 1. The summed E-state index contributed by atoms with van der Waals surface area (Å²) < 4.78 is 1.99. The van der Waals surface area contributed by atoms with Gasteiger partial charge in [-0.05, 0) is 34.1 Å². The van der Waals surface area contributed by atoms with Crippen molar-refractivity contribution in [3.63, 3.8) is 0 Å². The molecule has 0 radical (unpaired) electrons. The highest BCUT2D eigenvalue weighted by molar-refractivity contribution is 9.11. The van der Waals surface area contributed by atoms with Gasteiger partial charge in [-0.2, -0.15) is 0 Å². The number of rotatable bonds is 1. The number of hydrogen-bond acceptors (Lipinski definition) is 2. The number of nitrogens with one attached hydrogen (secondary N) is 2. The van der Waals surface area contributed by atoms with E-state index in [1.165, 1.54) is 0 Å². The normalized spacial score (nSPS) is 10.7. The molecule has 4 N–H and O–H groups in total. The lowest BCUT2D eigenvalue weighted by molar-refractivity contribution is 1.28. The molecule has 0 bridgehead atoms. The fourth-order valence-corrected chi connectivity index (χ4v) is 2.13. The molecule has 2 aromatic rings. The Morgan fingerprint density at radius 3 is 2.77 bits per heavy atom. The van der Waals surface area contributed by atoms with Gasteiger partial charge >= 0.3 is 0 Å². The average Bonchev–Trinajstić information content (AvgIpc) is 2.44. The van der Waals surface area contributed by atoms with Crippen LogP contribution in [0.1, 0.15) is 0 Å². The van der Waals surface area contributed by atoms with Gasteiger partial charge < -0.3 is 10.4 Å². The second-order valence-corrected chi connectivity index (χ2v) is 4.36. The van der Waals surface area contributed by atoms with E-state index >= 15 is 0 Å². The van der Waals surface area contributed by atoms with Gasteiger partial charge in [0.25, 0.3) is 0 Å². The molecule has 68 valence electrons. The van der Waals surface area contributed by atoms with Gasteiger partial charge in [-0.25, -0.2) is 5.84 Å². The molecular formula is C8H7Br2N3. The van der Waals surface area contributed by atoms with E-state index < -0.39 is 0 Å². The third-order valence-corrected chi connectivity index (χ3v) is 3.16. The lowest BCUT2D eigenvalue weighted by atomic mass is 10.2. The maximum absolute atomic E-state index is 5.33. The molecule has 1 aromatic heterocycles. The number of benzene rings is 1. The smallest absolute Gasteiger partial charge is 0.133 e. The summed E-state index contributed by atoms with van der Waals surface area (Å²) in [6.07, 6.45) is 0. The van der Waals surface area contributed by atoms with Crippen molar-refractivity contribution in [3.8, 4) is 0 Å². The Bertz CT molecular complexity index is 450. The third-order valence-electron chi connectivity index (χ3n) is 1.84. The number of nitrogens with two attached hydrogens (primary N) is 1. The molecule has 0 atom stereocenters. The van der Waals surface area contributed by atoms with Gasteiger partial charge in [-0.15, -0.1) is 0 Å². The van der Waals surface area contributed by atoms with Gasteiger partial charge in [0.2, 0.25) is 0 Å². The summed E-state index contributed by atoms with van der Waals surface area (Å²) in [5.74, 6) is 6.11. The molecule has 0 aliphatic carbocycles. The number of aromatic amines is 1. The van der Waals surface area contributed by atoms with Crippen LogP contribution in [0.3, 0.4) is 0 Å². The first kappa shape index (κ1) is 9.05. The summed E-state index contributed by atoms with van der Waals surface area (Å²) in [4.78, 5) is 3.14. The summed E-state index contributed by atoms with van der Waals surface area (Å²) in [5, 5.41) is 1.10. The zero-order valence-electron chi connectivity index (χ0n) is 6.57. The Morgan fingerprint density at radius 1 is 1.31 bits per heavy atom. The molecule has 0 fully saturated rings. The highest BCUT2D eigenvalue weighted by Crippen LogP contribution is 2.32. The summed E-state index contributed by atoms with van der Waals surface area (Å²) in [5.41, 5.74) is 3.63. The Kier molecular flexibility index (Phi) is 2.31. The third kappa shape index (κ3) is 1.47. The fraction of sp³-hybridized carbons (Fsp3) is 0. The number of aromatic nitrogens is 1. The molecule has 0 saturated heterocycles. The van der Waals surface area contributed by atoms with Gasteiger partial charge in [0, 0.05) is 15.4 Å². The second-order valence-electron chi connectivity index (χ2n) is 2.65. The molecule has 1 heterocycles. The van der Waals surface area contributed by atoms with Gasteiger partial charge in [0.15, 0.2) is 0 Å². The maximum Gasteiger partial charge on any atom is 0.133 e. The number of anilines is 1. The van der Waals surface area contributed by atoms with Crippen LogP contribution in [0.25, 0.3) is 10.9 Å². The topological polar surface area (TPSA) is 53.8 Å². The van der Waals surface area contributed by atoms with Crippen molar-refractivity contribution in [2.45, 2.75) is 0 Å². The predicted octanol–water partition coefficient (Wildman–Crippen LogP) is 2.98. The largest absolute Gasteiger partial charge is 0.340 e. The molecular weight excluding hydrogens is 298 g/mol. The summed E-state index contributed by atoms with van der Waals surface area (Å²) in [7, 11) is 0. The molecule has 13 heavy (non-hydrogen) atoms. The Hall–Kier alpha value is -0.520. The number of halogens is 2. The minimum Gasteiger partial charge on any atom is -0.340 e. The monoisotopic (exact) mass is 303 g/mol.